The van der Waals surface area contributed by atoms with Crippen molar-refractivity contribution in [3.8, 4) is 11.8 Å². The van der Waals surface area contributed by atoms with Crippen LogP contribution in [0.25, 0.3) is 6.08 Å². The van der Waals surface area contributed by atoms with Gasteiger partial charge >= 0.3 is 0 Å². The molecule has 166 valence electrons. The van der Waals surface area contributed by atoms with E-state index in [4.69, 9.17) is 27.9 Å². The fourth-order valence-corrected chi connectivity index (χ4v) is 3.25. The molecule has 0 unspecified atom stereocenters. The first-order chi connectivity index (χ1) is 15.9. The van der Waals surface area contributed by atoms with Crippen LogP contribution >= 0.6 is 23.2 Å². The molecule has 0 saturated carbocycles. The van der Waals surface area contributed by atoms with Gasteiger partial charge in [0.1, 0.15) is 17.4 Å². The summed E-state index contributed by atoms with van der Waals surface area (Å²) >= 11 is 12.2. The molecule has 0 aromatic heterocycles. The van der Waals surface area contributed by atoms with Crippen molar-refractivity contribution in [2.45, 2.75) is 6.92 Å². The number of hydrogen-bond acceptors (Lipinski definition) is 4. The Morgan fingerprint density at radius 3 is 2.55 bits per heavy atom. The van der Waals surface area contributed by atoms with Crippen LogP contribution in [0.1, 0.15) is 11.1 Å². The van der Waals surface area contributed by atoms with E-state index in [0.29, 0.717) is 27.0 Å². The lowest BCUT2D eigenvalue weighted by Crippen LogP contribution is -2.20. The highest BCUT2D eigenvalue weighted by Crippen LogP contribution is 2.26. The third-order valence-electron chi connectivity index (χ3n) is 4.42. The van der Waals surface area contributed by atoms with Crippen molar-refractivity contribution < 1.29 is 14.3 Å². The van der Waals surface area contributed by atoms with Crippen molar-refractivity contribution in [1.82, 2.24) is 0 Å². The molecule has 0 bridgehead atoms. The summed E-state index contributed by atoms with van der Waals surface area (Å²) in [5.41, 5.74) is 2.23. The largest absolute Gasteiger partial charge is 0.483 e. The summed E-state index contributed by atoms with van der Waals surface area (Å²) in [6.07, 6.45) is 1.34. The quantitative estimate of drug-likeness (QED) is 0.327. The summed E-state index contributed by atoms with van der Waals surface area (Å²) in [4.78, 5) is 24.9. The zero-order valence-electron chi connectivity index (χ0n) is 17.6. The average Bonchev–Trinajstić information content (AvgIpc) is 2.78. The van der Waals surface area contributed by atoms with E-state index in [0.717, 1.165) is 5.56 Å². The Morgan fingerprint density at radius 2 is 1.82 bits per heavy atom. The lowest BCUT2D eigenvalue weighted by atomic mass is 10.1. The van der Waals surface area contributed by atoms with Gasteiger partial charge in [-0.3, -0.25) is 9.59 Å². The van der Waals surface area contributed by atoms with Crippen LogP contribution in [0, 0.1) is 18.3 Å². The zero-order valence-corrected chi connectivity index (χ0v) is 19.1. The van der Waals surface area contributed by atoms with Crippen LogP contribution in [0.3, 0.4) is 0 Å². The molecule has 3 rings (SSSR count). The maximum Gasteiger partial charge on any atom is 0.266 e. The van der Waals surface area contributed by atoms with Crippen LogP contribution in [-0.2, 0) is 9.59 Å². The van der Waals surface area contributed by atoms with Gasteiger partial charge in [0.2, 0.25) is 0 Å². The van der Waals surface area contributed by atoms with Gasteiger partial charge in [0.15, 0.2) is 6.61 Å². The predicted molar refractivity (Wildman–Crippen MR) is 130 cm³/mol. The van der Waals surface area contributed by atoms with Crippen molar-refractivity contribution in [2.75, 3.05) is 17.2 Å². The number of nitriles is 1. The molecular weight excluding hydrogens is 461 g/mol. The van der Waals surface area contributed by atoms with Crippen LogP contribution in [0.2, 0.25) is 10.0 Å². The van der Waals surface area contributed by atoms with Gasteiger partial charge in [-0.15, -0.1) is 0 Å². The predicted octanol–water partition coefficient (Wildman–Crippen LogP) is 5.87. The van der Waals surface area contributed by atoms with Gasteiger partial charge in [-0.2, -0.15) is 5.26 Å². The molecule has 8 heteroatoms. The van der Waals surface area contributed by atoms with E-state index in [9.17, 15) is 14.9 Å². The number of anilines is 2. The topological polar surface area (TPSA) is 91.2 Å². The Balaban J connectivity index is 1.75. The molecule has 0 fully saturated rings. The first-order valence-corrected chi connectivity index (χ1v) is 10.6. The summed E-state index contributed by atoms with van der Waals surface area (Å²) in [5, 5.41) is 15.6. The van der Waals surface area contributed by atoms with E-state index in [2.05, 4.69) is 10.6 Å². The molecule has 0 heterocycles. The molecular formula is C25H19Cl2N3O3. The van der Waals surface area contributed by atoms with Gasteiger partial charge in [0, 0.05) is 16.3 Å². The first kappa shape index (κ1) is 23.9. The smallest absolute Gasteiger partial charge is 0.266 e. The minimum Gasteiger partial charge on any atom is -0.483 e. The molecule has 2 amide bonds. The van der Waals surface area contributed by atoms with E-state index >= 15 is 0 Å². The van der Waals surface area contributed by atoms with Crippen molar-refractivity contribution in [1.29, 1.82) is 5.26 Å². The number of rotatable bonds is 7. The number of halogens is 2. The summed E-state index contributed by atoms with van der Waals surface area (Å²) in [6.45, 7) is 1.65. The Kier molecular flexibility index (Phi) is 8.09. The number of amides is 2. The highest BCUT2D eigenvalue weighted by atomic mass is 35.5. The second-order valence-electron chi connectivity index (χ2n) is 6.99. The van der Waals surface area contributed by atoms with Crippen molar-refractivity contribution in [3.63, 3.8) is 0 Å². The van der Waals surface area contributed by atoms with Crippen LogP contribution in [0.15, 0.2) is 72.3 Å². The lowest BCUT2D eigenvalue weighted by molar-refractivity contribution is -0.118. The van der Waals surface area contributed by atoms with Gasteiger partial charge in [-0.25, -0.2) is 0 Å². The molecule has 2 N–H and O–H groups in total. The van der Waals surface area contributed by atoms with Crippen LogP contribution in [0.4, 0.5) is 11.4 Å². The number of aryl methyl sites for hydroxylation is 1. The van der Waals surface area contributed by atoms with E-state index in [1.807, 2.05) is 31.2 Å². The number of ether oxygens (including phenoxy) is 1. The van der Waals surface area contributed by atoms with Gasteiger partial charge in [0.05, 0.1) is 10.7 Å². The maximum absolute atomic E-state index is 12.6. The third-order valence-corrected chi connectivity index (χ3v) is 4.98. The number of carbonyl (C=O) groups is 2. The van der Waals surface area contributed by atoms with E-state index in [-0.39, 0.29) is 23.8 Å². The van der Waals surface area contributed by atoms with Crippen molar-refractivity contribution in [2.24, 2.45) is 0 Å². The summed E-state index contributed by atoms with van der Waals surface area (Å²) < 4.78 is 5.64. The molecule has 0 aliphatic heterocycles. The minimum absolute atomic E-state index is 0.189. The van der Waals surface area contributed by atoms with Crippen LogP contribution < -0.4 is 15.4 Å². The second-order valence-corrected chi connectivity index (χ2v) is 7.84. The number of carbonyl (C=O) groups excluding carboxylic acids is 2. The van der Waals surface area contributed by atoms with Crippen LogP contribution in [-0.4, -0.2) is 18.4 Å². The molecule has 33 heavy (non-hydrogen) atoms. The number of benzene rings is 3. The number of para-hydroxylation sites is 1. The Morgan fingerprint density at radius 1 is 1.03 bits per heavy atom. The number of hydrogen-bond donors (Lipinski definition) is 2. The summed E-state index contributed by atoms with van der Waals surface area (Å²) in [5.74, 6) is -0.715. The molecule has 0 radical (unpaired) electrons. The Bertz CT molecular complexity index is 1270. The average molecular weight is 480 g/mol. The lowest BCUT2D eigenvalue weighted by Gasteiger charge is -2.11. The monoisotopic (exact) mass is 479 g/mol. The number of nitrogens with zero attached hydrogens (tertiary/aromatic N) is 1. The first-order valence-electron chi connectivity index (χ1n) is 9.82. The fraction of sp³-hybridized carbons (Fsp3) is 0.0800. The highest BCUT2D eigenvalue weighted by molar-refractivity contribution is 6.34. The third kappa shape index (κ3) is 6.84. The van der Waals surface area contributed by atoms with Gasteiger partial charge < -0.3 is 15.4 Å². The molecule has 3 aromatic rings. The molecule has 0 saturated heterocycles. The van der Waals surface area contributed by atoms with E-state index < -0.39 is 5.91 Å². The molecule has 0 aliphatic rings. The van der Waals surface area contributed by atoms with E-state index in [1.54, 1.807) is 42.5 Å². The van der Waals surface area contributed by atoms with Crippen LogP contribution in [0.5, 0.6) is 5.75 Å². The van der Waals surface area contributed by atoms with Crippen molar-refractivity contribution in [3.05, 3.63) is 93.5 Å². The Hall–Kier alpha value is -3.79. The standard InChI is InChI=1S/C25H19Cl2N3O3/c1-16-5-4-6-20(11-16)29-24(31)15-33-23-10-9-19(26)13-17(23)12-18(14-28)25(32)30-22-8-3-2-7-21(22)27/h2-13H,15H2,1H3,(H,29,31)(H,30,32)/b18-12+. The van der Waals surface area contributed by atoms with E-state index in [1.165, 1.54) is 12.1 Å². The molecule has 0 aliphatic carbocycles. The molecule has 0 spiro atoms. The molecule has 6 nitrogen and oxygen atoms in total. The maximum atomic E-state index is 12.6. The minimum atomic E-state index is -0.645. The molecule has 0 atom stereocenters. The zero-order chi connectivity index (χ0) is 23.8. The van der Waals surface area contributed by atoms with Gasteiger partial charge in [0.25, 0.3) is 11.8 Å². The fourth-order valence-electron chi connectivity index (χ4n) is 2.88. The Labute approximate surface area is 201 Å². The normalized spacial score (nSPS) is 10.8. The van der Waals surface area contributed by atoms with Gasteiger partial charge in [-0.1, -0.05) is 47.5 Å². The SMILES string of the molecule is Cc1cccc(NC(=O)COc2ccc(Cl)cc2/C=C(\C#N)C(=O)Nc2ccccc2Cl)c1. The molecule has 3 aromatic carbocycles. The van der Waals surface area contributed by atoms with Crippen molar-refractivity contribution >= 4 is 52.5 Å². The second kappa shape index (κ2) is 11.2. The summed E-state index contributed by atoms with van der Waals surface area (Å²) in [6, 6.07) is 20.6. The highest BCUT2D eigenvalue weighted by Gasteiger charge is 2.14. The van der Waals surface area contributed by atoms with Gasteiger partial charge in [-0.05, 0) is 61.0 Å². The summed E-state index contributed by atoms with van der Waals surface area (Å²) in [7, 11) is 0. The number of nitrogens with one attached hydrogen (secondary N) is 2.